The number of rotatable bonds is 7. The molecule has 0 spiro atoms. The second-order valence-electron chi connectivity index (χ2n) is 5.84. The molecule has 0 radical (unpaired) electrons. The van der Waals surface area contributed by atoms with E-state index in [1.54, 1.807) is 11.0 Å². The number of nitrogens with zero attached hydrogens (tertiary/aromatic N) is 2. The average molecular weight is 393 g/mol. The number of carbonyl (C=O) groups excluding carboxylic acids is 1. The summed E-state index contributed by atoms with van der Waals surface area (Å²) in [6.45, 7) is 4.00. The SMILES string of the molecule is CCN(Cc1cccc(F)c1)C(=O)CN(C)Cc1ccc(Br)cc1. The smallest absolute Gasteiger partial charge is 0.237 e. The molecule has 1 amide bonds. The predicted octanol–water partition coefficient (Wildman–Crippen LogP) is 4.07. The summed E-state index contributed by atoms with van der Waals surface area (Å²) in [6, 6.07) is 14.5. The van der Waals surface area contributed by atoms with Gasteiger partial charge in [0.2, 0.25) is 5.91 Å². The fraction of sp³-hybridized carbons (Fsp3) is 0.316. The van der Waals surface area contributed by atoms with Crippen molar-refractivity contribution in [3.63, 3.8) is 0 Å². The normalized spacial score (nSPS) is 10.9. The van der Waals surface area contributed by atoms with Crippen LogP contribution in [-0.4, -0.2) is 35.8 Å². The van der Waals surface area contributed by atoms with Crippen LogP contribution in [0.2, 0.25) is 0 Å². The molecule has 0 aliphatic heterocycles. The summed E-state index contributed by atoms with van der Waals surface area (Å²) in [4.78, 5) is 16.2. The highest BCUT2D eigenvalue weighted by Crippen LogP contribution is 2.12. The maximum Gasteiger partial charge on any atom is 0.237 e. The van der Waals surface area contributed by atoms with Crippen LogP contribution in [0.4, 0.5) is 4.39 Å². The van der Waals surface area contributed by atoms with Gasteiger partial charge in [-0.15, -0.1) is 0 Å². The van der Waals surface area contributed by atoms with Crippen LogP contribution in [0.5, 0.6) is 0 Å². The molecule has 0 unspecified atom stereocenters. The molecule has 0 fully saturated rings. The van der Waals surface area contributed by atoms with Crippen molar-refractivity contribution in [3.05, 3.63) is 69.9 Å². The Balaban J connectivity index is 1.92. The van der Waals surface area contributed by atoms with Crippen LogP contribution in [0.3, 0.4) is 0 Å². The molecule has 0 aliphatic carbocycles. The maximum atomic E-state index is 13.3. The summed E-state index contributed by atoms with van der Waals surface area (Å²) in [6.07, 6.45) is 0. The van der Waals surface area contributed by atoms with Crippen LogP contribution in [0.25, 0.3) is 0 Å². The number of benzene rings is 2. The lowest BCUT2D eigenvalue weighted by molar-refractivity contribution is -0.132. The van der Waals surface area contributed by atoms with Crippen LogP contribution in [0.1, 0.15) is 18.1 Å². The Kier molecular flexibility index (Phi) is 6.94. The van der Waals surface area contributed by atoms with Gasteiger partial charge in [0.15, 0.2) is 0 Å². The van der Waals surface area contributed by atoms with Gasteiger partial charge in [-0.3, -0.25) is 9.69 Å². The van der Waals surface area contributed by atoms with Crippen molar-refractivity contribution in [1.82, 2.24) is 9.80 Å². The molecule has 0 N–H and O–H groups in total. The lowest BCUT2D eigenvalue weighted by atomic mass is 10.2. The van der Waals surface area contributed by atoms with E-state index in [9.17, 15) is 9.18 Å². The number of amides is 1. The maximum absolute atomic E-state index is 13.3. The minimum absolute atomic E-state index is 0.0429. The molecule has 5 heteroatoms. The molecule has 24 heavy (non-hydrogen) atoms. The van der Waals surface area contributed by atoms with Gasteiger partial charge in [-0.25, -0.2) is 4.39 Å². The van der Waals surface area contributed by atoms with Crippen LogP contribution in [-0.2, 0) is 17.9 Å². The Morgan fingerprint density at radius 1 is 1.08 bits per heavy atom. The van der Waals surface area contributed by atoms with E-state index >= 15 is 0 Å². The van der Waals surface area contributed by atoms with Gasteiger partial charge in [-0.05, 0) is 49.4 Å². The molecule has 0 heterocycles. The van der Waals surface area contributed by atoms with Crippen molar-refractivity contribution < 1.29 is 9.18 Å². The summed E-state index contributed by atoms with van der Waals surface area (Å²) in [5, 5.41) is 0. The zero-order valence-electron chi connectivity index (χ0n) is 14.0. The van der Waals surface area contributed by atoms with E-state index in [1.807, 2.05) is 49.2 Å². The fourth-order valence-corrected chi connectivity index (χ4v) is 2.78. The van der Waals surface area contributed by atoms with Crippen molar-refractivity contribution in [2.75, 3.05) is 20.1 Å². The predicted molar refractivity (Wildman–Crippen MR) is 98.0 cm³/mol. The van der Waals surface area contributed by atoms with Gasteiger partial charge in [-0.2, -0.15) is 0 Å². The second kappa shape index (κ2) is 8.94. The van der Waals surface area contributed by atoms with Crippen molar-refractivity contribution in [1.29, 1.82) is 0 Å². The highest BCUT2D eigenvalue weighted by Gasteiger charge is 2.15. The number of hydrogen-bond acceptors (Lipinski definition) is 2. The molecule has 0 bridgehead atoms. The Morgan fingerprint density at radius 3 is 2.42 bits per heavy atom. The number of carbonyl (C=O) groups is 1. The minimum Gasteiger partial charge on any atom is -0.338 e. The average Bonchev–Trinajstić information content (AvgIpc) is 2.54. The lowest BCUT2D eigenvalue weighted by Crippen LogP contribution is -2.38. The molecule has 0 atom stereocenters. The van der Waals surface area contributed by atoms with Crippen LogP contribution >= 0.6 is 15.9 Å². The van der Waals surface area contributed by atoms with Crippen molar-refractivity contribution in [2.24, 2.45) is 0 Å². The van der Waals surface area contributed by atoms with Crippen LogP contribution in [0, 0.1) is 5.82 Å². The first-order chi connectivity index (χ1) is 11.5. The highest BCUT2D eigenvalue weighted by atomic mass is 79.9. The molecule has 0 aliphatic rings. The van der Waals surface area contributed by atoms with Crippen LogP contribution in [0.15, 0.2) is 53.0 Å². The number of hydrogen-bond donors (Lipinski definition) is 0. The molecule has 0 saturated heterocycles. The molecule has 3 nitrogen and oxygen atoms in total. The van der Waals surface area contributed by atoms with Gasteiger partial charge in [-0.1, -0.05) is 40.2 Å². The molecule has 2 rings (SSSR count). The molecular formula is C19H22BrFN2O. The van der Waals surface area contributed by atoms with Gasteiger partial charge >= 0.3 is 0 Å². The largest absolute Gasteiger partial charge is 0.338 e. The second-order valence-corrected chi connectivity index (χ2v) is 6.75. The molecule has 0 aromatic heterocycles. The summed E-state index contributed by atoms with van der Waals surface area (Å²) < 4.78 is 14.3. The third kappa shape index (κ3) is 5.73. The molecular weight excluding hydrogens is 371 g/mol. The van der Waals surface area contributed by atoms with E-state index in [4.69, 9.17) is 0 Å². The first-order valence-electron chi connectivity index (χ1n) is 7.93. The van der Waals surface area contributed by atoms with Gasteiger partial charge < -0.3 is 4.90 Å². The molecule has 128 valence electrons. The number of halogens is 2. The first-order valence-corrected chi connectivity index (χ1v) is 8.72. The summed E-state index contributed by atoms with van der Waals surface area (Å²) >= 11 is 3.42. The Morgan fingerprint density at radius 2 is 1.79 bits per heavy atom. The Bertz CT molecular complexity index is 675. The summed E-state index contributed by atoms with van der Waals surface area (Å²) in [5.74, 6) is -0.232. The fourth-order valence-electron chi connectivity index (χ4n) is 2.52. The zero-order chi connectivity index (χ0) is 17.5. The van der Waals surface area contributed by atoms with E-state index in [-0.39, 0.29) is 11.7 Å². The highest BCUT2D eigenvalue weighted by molar-refractivity contribution is 9.10. The first kappa shape index (κ1) is 18.6. The van der Waals surface area contributed by atoms with Gasteiger partial charge in [0, 0.05) is 24.1 Å². The molecule has 2 aromatic carbocycles. The van der Waals surface area contributed by atoms with Gasteiger partial charge in [0.25, 0.3) is 0 Å². The summed E-state index contributed by atoms with van der Waals surface area (Å²) in [7, 11) is 1.93. The van der Waals surface area contributed by atoms with Crippen molar-refractivity contribution >= 4 is 21.8 Å². The minimum atomic E-state index is -0.275. The monoisotopic (exact) mass is 392 g/mol. The Labute approximate surface area is 151 Å². The number of likely N-dealkylation sites (N-methyl/N-ethyl adjacent to an activating group) is 2. The standard InChI is InChI=1S/C19H22BrFN2O/c1-3-23(13-16-5-4-6-18(21)11-16)19(24)14-22(2)12-15-7-9-17(20)10-8-15/h4-11H,3,12-14H2,1-2H3. The van der Waals surface area contributed by atoms with Crippen molar-refractivity contribution in [3.8, 4) is 0 Å². The van der Waals surface area contributed by atoms with E-state index in [0.29, 0.717) is 26.2 Å². The quantitative estimate of drug-likeness (QED) is 0.708. The molecule has 0 saturated carbocycles. The third-order valence-corrected chi connectivity index (χ3v) is 4.30. The summed E-state index contributed by atoms with van der Waals surface area (Å²) in [5.41, 5.74) is 1.96. The Hall–Kier alpha value is -1.72. The zero-order valence-corrected chi connectivity index (χ0v) is 15.6. The molecule has 2 aromatic rings. The van der Waals surface area contributed by atoms with E-state index in [1.165, 1.54) is 12.1 Å². The van der Waals surface area contributed by atoms with Gasteiger partial charge in [0.05, 0.1) is 6.54 Å². The van der Waals surface area contributed by atoms with Gasteiger partial charge in [0.1, 0.15) is 5.82 Å². The van der Waals surface area contributed by atoms with E-state index < -0.39 is 0 Å². The third-order valence-electron chi connectivity index (χ3n) is 3.77. The lowest BCUT2D eigenvalue weighted by Gasteiger charge is -2.24. The topological polar surface area (TPSA) is 23.6 Å². The van der Waals surface area contributed by atoms with Crippen molar-refractivity contribution in [2.45, 2.75) is 20.0 Å². The van der Waals surface area contributed by atoms with Crippen LogP contribution < -0.4 is 0 Å². The van der Waals surface area contributed by atoms with E-state index in [2.05, 4.69) is 15.9 Å². The van der Waals surface area contributed by atoms with E-state index in [0.717, 1.165) is 15.6 Å².